The van der Waals surface area contributed by atoms with Gasteiger partial charge < -0.3 is 14.7 Å². The molecule has 150 valence electrons. The molecule has 2 aliphatic heterocycles. The second-order valence-electron chi connectivity index (χ2n) is 7.92. The number of β-amino-alcohol motifs (C(OH)–C–C–N with tert-alkyl or cyclic N) is 1. The average molecular weight is 383 g/mol. The lowest BCUT2D eigenvalue weighted by Crippen LogP contribution is -2.52. The molecule has 28 heavy (non-hydrogen) atoms. The molecule has 0 radical (unpaired) electrons. The molecule has 0 spiro atoms. The molecule has 0 amide bonds. The van der Waals surface area contributed by atoms with Crippen molar-refractivity contribution in [2.45, 2.75) is 25.3 Å². The summed E-state index contributed by atoms with van der Waals surface area (Å²) >= 11 is 0. The number of aliphatic hydroxyl groups is 1. The van der Waals surface area contributed by atoms with Crippen LogP contribution in [0.3, 0.4) is 0 Å². The highest BCUT2D eigenvalue weighted by Crippen LogP contribution is 2.21. The van der Waals surface area contributed by atoms with E-state index in [0.717, 1.165) is 57.3 Å². The fourth-order valence-electron chi connectivity index (χ4n) is 4.08. The molecule has 3 heterocycles. The third-order valence-corrected chi connectivity index (χ3v) is 5.78. The van der Waals surface area contributed by atoms with E-state index in [9.17, 15) is 5.11 Å². The summed E-state index contributed by atoms with van der Waals surface area (Å²) in [5.41, 5.74) is 2.17. The Morgan fingerprint density at radius 1 is 1.04 bits per heavy atom. The Morgan fingerprint density at radius 2 is 1.82 bits per heavy atom. The molecule has 0 saturated carbocycles. The van der Waals surface area contributed by atoms with Crippen molar-refractivity contribution in [3.05, 3.63) is 59.9 Å². The van der Waals surface area contributed by atoms with Crippen LogP contribution in [-0.4, -0.2) is 83.3 Å². The Hall–Kier alpha value is -1.99. The summed E-state index contributed by atoms with van der Waals surface area (Å²) in [7, 11) is 2.17. The molecule has 2 saturated heterocycles. The third kappa shape index (κ3) is 4.89. The van der Waals surface area contributed by atoms with Crippen LogP contribution in [0.15, 0.2) is 48.7 Å². The van der Waals surface area contributed by atoms with Crippen LogP contribution in [0, 0.1) is 0 Å². The zero-order valence-electron chi connectivity index (χ0n) is 16.6. The van der Waals surface area contributed by atoms with E-state index < -0.39 is 0 Å². The Morgan fingerprint density at radius 3 is 2.54 bits per heavy atom. The summed E-state index contributed by atoms with van der Waals surface area (Å²) < 4.78 is 5.81. The predicted octanol–water partition coefficient (Wildman–Crippen LogP) is 1.45. The Bertz CT molecular complexity index is 732. The van der Waals surface area contributed by atoms with Crippen LogP contribution in [-0.2, 0) is 13.2 Å². The van der Waals surface area contributed by atoms with Gasteiger partial charge in [0, 0.05) is 58.1 Å². The molecular formula is C22H30N4O2. The normalized spacial score (nSPS) is 24.5. The van der Waals surface area contributed by atoms with Crippen molar-refractivity contribution in [3.63, 3.8) is 0 Å². The summed E-state index contributed by atoms with van der Waals surface area (Å²) in [6.45, 7) is 7.29. The first-order valence-electron chi connectivity index (χ1n) is 10.1. The number of nitrogens with zero attached hydrogens (tertiary/aromatic N) is 4. The van der Waals surface area contributed by atoms with E-state index in [2.05, 4.69) is 38.9 Å². The molecule has 2 atom stereocenters. The van der Waals surface area contributed by atoms with Crippen molar-refractivity contribution in [1.82, 2.24) is 19.7 Å². The summed E-state index contributed by atoms with van der Waals surface area (Å²) in [5, 5.41) is 10.6. The maximum absolute atomic E-state index is 10.6. The number of pyridine rings is 1. The maximum Gasteiger partial charge on any atom is 0.130 e. The first kappa shape index (κ1) is 19.3. The van der Waals surface area contributed by atoms with Gasteiger partial charge in [0.25, 0.3) is 0 Å². The molecule has 1 unspecified atom stereocenters. The van der Waals surface area contributed by atoms with Gasteiger partial charge in [0.2, 0.25) is 0 Å². The molecule has 2 fully saturated rings. The van der Waals surface area contributed by atoms with E-state index in [0.29, 0.717) is 6.61 Å². The summed E-state index contributed by atoms with van der Waals surface area (Å²) in [4.78, 5) is 11.4. The van der Waals surface area contributed by atoms with Crippen molar-refractivity contribution in [3.8, 4) is 5.75 Å². The number of rotatable bonds is 6. The standard InChI is InChI=1S/C22H30N4O2/c1-24-10-12-26(13-11-24)21-15-25(16-22(21)27)14-18-5-7-20(8-6-18)28-17-19-4-2-3-9-23-19/h2-9,21-22,27H,10-17H2,1H3/t21?,22-/m0/s1. The van der Waals surface area contributed by atoms with Crippen LogP contribution in [0.1, 0.15) is 11.3 Å². The minimum Gasteiger partial charge on any atom is -0.487 e. The van der Waals surface area contributed by atoms with Crippen LogP contribution < -0.4 is 4.74 Å². The molecule has 6 nitrogen and oxygen atoms in total. The van der Waals surface area contributed by atoms with Gasteiger partial charge in [-0.1, -0.05) is 18.2 Å². The minimum absolute atomic E-state index is 0.259. The van der Waals surface area contributed by atoms with Gasteiger partial charge in [0.05, 0.1) is 11.8 Å². The van der Waals surface area contributed by atoms with Crippen LogP contribution in [0.25, 0.3) is 0 Å². The predicted molar refractivity (Wildman–Crippen MR) is 109 cm³/mol. The number of likely N-dealkylation sites (tertiary alicyclic amines) is 1. The summed E-state index contributed by atoms with van der Waals surface area (Å²) in [5.74, 6) is 0.853. The van der Waals surface area contributed by atoms with Gasteiger partial charge in [-0.15, -0.1) is 0 Å². The second kappa shape index (κ2) is 9.01. The van der Waals surface area contributed by atoms with E-state index in [-0.39, 0.29) is 12.1 Å². The fraction of sp³-hybridized carbons (Fsp3) is 0.500. The summed E-state index contributed by atoms with van der Waals surface area (Å²) in [6, 6.07) is 14.4. The molecule has 0 bridgehead atoms. The highest BCUT2D eigenvalue weighted by atomic mass is 16.5. The minimum atomic E-state index is -0.260. The lowest BCUT2D eigenvalue weighted by molar-refractivity contribution is 0.0512. The fourth-order valence-corrected chi connectivity index (χ4v) is 4.08. The van der Waals surface area contributed by atoms with Crippen LogP contribution in [0.5, 0.6) is 5.75 Å². The van der Waals surface area contributed by atoms with Crippen molar-refractivity contribution in [2.75, 3.05) is 46.3 Å². The Balaban J connectivity index is 1.27. The molecule has 1 N–H and O–H groups in total. The lowest BCUT2D eigenvalue weighted by Gasteiger charge is -2.37. The number of likely N-dealkylation sites (N-methyl/N-ethyl adjacent to an activating group) is 1. The summed E-state index contributed by atoms with van der Waals surface area (Å²) in [6.07, 6.45) is 1.52. The van der Waals surface area contributed by atoms with E-state index in [1.54, 1.807) is 6.20 Å². The van der Waals surface area contributed by atoms with Gasteiger partial charge >= 0.3 is 0 Å². The number of hydrogen-bond donors (Lipinski definition) is 1. The van der Waals surface area contributed by atoms with E-state index in [1.807, 2.05) is 30.3 Å². The Kier molecular flexibility index (Phi) is 6.22. The number of aromatic nitrogens is 1. The zero-order chi connectivity index (χ0) is 19.3. The van der Waals surface area contributed by atoms with Crippen LogP contribution in [0.2, 0.25) is 0 Å². The van der Waals surface area contributed by atoms with Crippen LogP contribution in [0.4, 0.5) is 0 Å². The number of ether oxygens (including phenoxy) is 1. The van der Waals surface area contributed by atoms with Crippen molar-refractivity contribution in [2.24, 2.45) is 0 Å². The number of benzene rings is 1. The lowest BCUT2D eigenvalue weighted by atomic mass is 10.1. The molecule has 0 aliphatic carbocycles. The van der Waals surface area contributed by atoms with Crippen molar-refractivity contribution >= 4 is 0 Å². The smallest absolute Gasteiger partial charge is 0.130 e. The van der Waals surface area contributed by atoms with E-state index in [1.165, 1.54) is 5.56 Å². The quantitative estimate of drug-likeness (QED) is 0.816. The van der Waals surface area contributed by atoms with E-state index >= 15 is 0 Å². The maximum atomic E-state index is 10.6. The van der Waals surface area contributed by atoms with Gasteiger partial charge in [-0.3, -0.25) is 14.8 Å². The molecule has 1 aromatic heterocycles. The average Bonchev–Trinajstić information content (AvgIpc) is 3.09. The highest BCUT2D eigenvalue weighted by molar-refractivity contribution is 5.27. The molecule has 2 aromatic rings. The van der Waals surface area contributed by atoms with Gasteiger partial charge in [0.1, 0.15) is 12.4 Å². The number of aliphatic hydroxyl groups excluding tert-OH is 1. The number of hydrogen-bond acceptors (Lipinski definition) is 6. The molecular weight excluding hydrogens is 352 g/mol. The third-order valence-electron chi connectivity index (χ3n) is 5.78. The molecule has 1 aromatic carbocycles. The van der Waals surface area contributed by atoms with Crippen molar-refractivity contribution in [1.29, 1.82) is 0 Å². The molecule has 4 rings (SSSR count). The number of piperazine rings is 1. The van der Waals surface area contributed by atoms with Crippen LogP contribution >= 0.6 is 0 Å². The van der Waals surface area contributed by atoms with Gasteiger partial charge in [-0.25, -0.2) is 0 Å². The topological polar surface area (TPSA) is 52.1 Å². The van der Waals surface area contributed by atoms with Gasteiger partial charge in [-0.2, -0.15) is 0 Å². The van der Waals surface area contributed by atoms with Crippen molar-refractivity contribution < 1.29 is 9.84 Å². The van der Waals surface area contributed by atoms with Gasteiger partial charge in [0.15, 0.2) is 0 Å². The molecule has 2 aliphatic rings. The largest absolute Gasteiger partial charge is 0.487 e. The second-order valence-corrected chi connectivity index (χ2v) is 7.92. The molecule has 6 heteroatoms. The first-order chi connectivity index (χ1) is 13.7. The highest BCUT2D eigenvalue weighted by Gasteiger charge is 2.36. The Labute approximate surface area is 167 Å². The monoisotopic (exact) mass is 382 g/mol. The SMILES string of the molecule is CN1CCN(C2CN(Cc3ccc(OCc4ccccn4)cc3)C[C@@H]2O)CC1. The zero-order valence-corrected chi connectivity index (χ0v) is 16.6. The first-order valence-corrected chi connectivity index (χ1v) is 10.1. The van der Waals surface area contributed by atoms with E-state index in [4.69, 9.17) is 4.74 Å². The van der Waals surface area contributed by atoms with Gasteiger partial charge in [-0.05, 0) is 36.9 Å².